The summed E-state index contributed by atoms with van der Waals surface area (Å²) < 4.78 is 9.91. The first-order valence-electron chi connectivity index (χ1n) is 8.65. The molecule has 2 aromatic rings. The average molecular weight is 404 g/mol. The van der Waals surface area contributed by atoms with Crippen molar-refractivity contribution in [1.82, 2.24) is 0 Å². The second kappa shape index (κ2) is 8.60. The lowest BCUT2D eigenvalue weighted by atomic mass is 9.99. The van der Waals surface area contributed by atoms with Gasteiger partial charge in [0.15, 0.2) is 12.4 Å². The van der Waals surface area contributed by atoms with Gasteiger partial charge in [-0.15, -0.1) is 0 Å². The number of aliphatic hydroxyl groups is 4. The van der Waals surface area contributed by atoms with Crippen LogP contribution < -0.4 is 4.74 Å². The molecule has 1 heterocycles. The molecule has 29 heavy (non-hydrogen) atoms. The molecule has 1 aliphatic rings. The van der Waals surface area contributed by atoms with E-state index >= 15 is 0 Å². The van der Waals surface area contributed by atoms with Gasteiger partial charge in [-0.25, -0.2) is 4.79 Å². The van der Waals surface area contributed by atoms with E-state index in [0.717, 1.165) is 11.6 Å². The van der Waals surface area contributed by atoms with Crippen LogP contribution in [0.3, 0.4) is 0 Å². The van der Waals surface area contributed by atoms with Crippen LogP contribution >= 0.6 is 0 Å². The summed E-state index contributed by atoms with van der Waals surface area (Å²) in [6.45, 7) is 0. The zero-order valence-electron chi connectivity index (χ0n) is 15.0. The SMILES string of the molecule is O=C(Oc1cc(O)cc(/C=C/c2ccc(O)cc2)c1)[C@H]1O[C@@H](O)[C@H](O)[C@@H](O)[C@@H]1O. The number of aliphatic hydroxyl groups excluding tert-OH is 4. The van der Waals surface area contributed by atoms with Gasteiger partial charge in [0, 0.05) is 6.07 Å². The predicted octanol–water partition coefficient (Wildman–Crippen LogP) is -0.0265. The Balaban J connectivity index is 1.74. The molecule has 0 bridgehead atoms. The maximum absolute atomic E-state index is 12.3. The van der Waals surface area contributed by atoms with Gasteiger partial charge in [0.2, 0.25) is 0 Å². The number of benzene rings is 2. The molecule has 0 aliphatic carbocycles. The van der Waals surface area contributed by atoms with Gasteiger partial charge in [0.1, 0.15) is 35.6 Å². The summed E-state index contributed by atoms with van der Waals surface area (Å²) in [4.78, 5) is 12.3. The van der Waals surface area contributed by atoms with Crippen LogP contribution in [0.5, 0.6) is 17.2 Å². The summed E-state index contributed by atoms with van der Waals surface area (Å²) in [6.07, 6.45) is -5.65. The van der Waals surface area contributed by atoms with Crippen molar-refractivity contribution in [2.45, 2.75) is 30.7 Å². The molecule has 1 aliphatic heterocycles. The molecular weight excluding hydrogens is 384 g/mol. The maximum atomic E-state index is 12.3. The number of aromatic hydroxyl groups is 2. The lowest BCUT2D eigenvalue weighted by Gasteiger charge is -2.36. The van der Waals surface area contributed by atoms with Gasteiger partial charge in [0.25, 0.3) is 0 Å². The highest BCUT2D eigenvalue weighted by atomic mass is 16.7. The topological polar surface area (TPSA) is 157 Å². The third-order valence-corrected chi connectivity index (χ3v) is 4.31. The molecule has 0 amide bonds. The Morgan fingerprint density at radius 2 is 1.48 bits per heavy atom. The number of phenolic OH excluding ortho intramolecular Hbond substituents is 2. The lowest BCUT2D eigenvalue weighted by Crippen LogP contribution is -2.60. The summed E-state index contributed by atoms with van der Waals surface area (Å²) in [5.41, 5.74) is 1.27. The van der Waals surface area contributed by atoms with Crippen LogP contribution in [0.4, 0.5) is 0 Å². The van der Waals surface area contributed by atoms with Crippen molar-refractivity contribution in [2.24, 2.45) is 0 Å². The fourth-order valence-electron chi connectivity index (χ4n) is 2.77. The van der Waals surface area contributed by atoms with E-state index in [-0.39, 0.29) is 17.2 Å². The molecule has 9 nitrogen and oxygen atoms in total. The van der Waals surface area contributed by atoms with Gasteiger partial charge in [-0.2, -0.15) is 0 Å². The quantitative estimate of drug-likeness (QED) is 0.234. The average Bonchev–Trinajstić information content (AvgIpc) is 2.68. The minimum Gasteiger partial charge on any atom is -0.508 e. The minimum atomic E-state index is -1.88. The van der Waals surface area contributed by atoms with Crippen molar-refractivity contribution in [1.29, 1.82) is 0 Å². The number of phenols is 2. The first-order valence-corrected chi connectivity index (χ1v) is 8.65. The van der Waals surface area contributed by atoms with Crippen LogP contribution in [-0.2, 0) is 9.53 Å². The Kier molecular flexibility index (Phi) is 6.16. The van der Waals surface area contributed by atoms with Gasteiger partial charge in [-0.1, -0.05) is 24.3 Å². The number of carbonyl (C=O) groups is 1. The van der Waals surface area contributed by atoms with Crippen LogP contribution in [0.15, 0.2) is 42.5 Å². The van der Waals surface area contributed by atoms with E-state index in [2.05, 4.69) is 0 Å². The number of hydrogen-bond acceptors (Lipinski definition) is 9. The van der Waals surface area contributed by atoms with Gasteiger partial charge < -0.3 is 40.1 Å². The molecule has 3 rings (SSSR count). The molecular formula is C20H20O9. The second-order valence-electron chi connectivity index (χ2n) is 6.53. The number of esters is 1. The van der Waals surface area contributed by atoms with Gasteiger partial charge in [-0.3, -0.25) is 0 Å². The summed E-state index contributed by atoms with van der Waals surface area (Å²) in [5.74, 6) is -1.25. The smallest absolute Gasteiger partial charge is 0.343 e. The van der Waals surface area contributed by atoms with Gasteiger partial charge in [-0.05, 0) is 35.4 Å². The molecule has 0 saturated carbocycles. The predicted molar refractivity (Wildman–Crippen MR) is 99.7 cm³/mol. The molecule has 1 fully saturated rings. The number of rotatable bonds is 4. The third kappa shape index (κ3) is 4.91. The highest BCUT2D eigenvalue weighted by Crippen LogP contribution is 2.26. The largest absolute Gasteiger partial charge is 0.508 e. The van der Waals surface area contributed by atoms with Crippen molar-refractivity contribution < 1.29 is 44.9 Å². The van der Waals surface area contributed by atoms with Crippen molar-refractivity contribution in [3.8, 4) is 17.2 Å². The molecule has 9 heteroatoms. The molecule has 5 atom stereocenters. The first-order chi connectivity index (χ1) is 13.7. The van der Waals surface area contributed by atoms with Crippen LogP contribution in [-0.4, -0.2) is 67.3 Å². The van der Waals surface area contributed by atoms with Crippen LogP contribution in [0.2, 0.25) is 0 Å². The number of hydrogen-bond donors (Lipinski definition) is 6. The first kappa shape index (κ1) is 20.8. The van der Waals surface area contributed by atoms with Crippen LogP contribution in [0, 0.1) is 0 Å². The van der Waals surface area contributed by atoms with E-state index < -0.39 is 36.7 Å². The van der Waals surface area contributed by atoms with Crippen molar-refractivity contribution >= 4 is 18.1 Å². The third-order valence-electron chi connectivity index (χ3n) is 4.31. The van der Waals surface area contributed by atoms with Gasteiger partial charge >= 0.3 is 5.97 Å². The van der Waals surface area contributed by atoms with Crippen LogP contribution in [0.1, 0.15) is 11.1 Å². The number of carbonyl (C=O) groups excluding carboxylic acids is 1. The van der Waals surface area contributed by atoms with E-state index in [1.807, 2.05) is 0 Å². The van der Waals surface area contributed by atoms with E-state index in [0.29, 0.717) is 5.56 Å². The Hall–Kier alpha value is -2.95. The number of ether oxygens (including phenoxy) is 2. The normalized spacial score (nSPS) is 27.1. The molecule has 6 N–H and O–H groups in total. The van der Waals surface area contributed by atoms with Gasteiger partial charge in [0.05, 0.1) is 0 Å². The van der Waals surface area contributed by atoms with Crippen molar-refractivity contribution in [3.05, 3.63) is 53.6 Å². The Morgan fingerprint density at radius 1 is 0.828 bits per heavy atom. The fourth-order valence-corrected chi connectivity index (χ4v) is 2.77. The summed E-state index contributed by atoms with van der Waals surface area (Å²) >= 11 is 0. The molecule has 0 unspecified atom stereocenters. The van der Waals surface area contributed by atoms with E-state index in [4.69, 9.17) is 9.47 Å². The minimum absolute atomic E-state index is 0.0637. The molecule has 2 aromatic carbocycles. The second-order valence-corrected chi connectivity index (χ2v) is 6.53. The van der Waals surface area contributed by atoms with E-state index in [9.17, 15) is 35.4 Å². The lowest BCUT2D eigenvalue weighted by molar-refractivity contribution is -0.279. The molecule has 1 saturated heterocycles. The Labute approximate surface area is 165 Å². The standard InChI is InChI=1S/C20H20O9/c21-12-5-3-10(4-6-12)1-2-11-7-13(22)9-14(8-11)28-20(27)18-16(24)15(23)17(25)19(26)29-18/h1-9,15-19,21-26H/b2-1+/t15-,16-,17+,18-,19+/m0/s1. The monoisotopic (exact) mass is 404 g/mol. The Bertz CT molecular complexity index is 893. The maximum Gasteiger partial charge on any atom is 0.343 e. The summed E-state index contributed by atoms with van der Waals surface area (Å²) in [6, 6.07) is 10.4. The highest BCUT2D eigenvalue weighted by Gasteiger charge is 2.47. The zero-order chi connectivity index (χ0) is 21.1. The van der Waals surface area contributed by atoms with E-state index in [1.54, 1.807) is 24.3 Å². The molecule has 0 aromatic heterocycles. The summed E-state index contributed by atoms with van der Waals surface area (Å²) in [7, 11) is 0. The summed E-state index contributed by atoms with van der Waals surface area (Å²) in [5, 5.41) is 57.7. The fraction of sp³-hybridized carbons (Fsp3) is 0.250. The molecule has 0 radical (unpaired) electrons. The molecule has 154 valence electrons. The van der Waals surface area contributed by atoms with Crippen molar-refractivity contribution in [2.75, 3.05) is 0 Å². The zero-order valence-corrected chi connectivity index (χ0v) is 15.0. The highest BCUT2D eigenvalue weighted by molar-refractivity contribution is 5.79. The van der Waals surface area contributed by atoms with Crippen LogP contribution in [0.25, 0.3) is 12.2 Å². The molecule has 0 spiro atoms. The van der Waals surface area contributed by atoms with E-state index in [1.165, 1.54) is 24.3 Å². The Morgan fingerprint density at radius 3 is 2.17 bits per heavy atom. The van der Waals surface area contributed by atoms with Crippen molar-refractivity contribution in [3.63, 3.8) is 0 Å².